The largest absolute Gasteiger partial charge is 0.422 e. The molecule has 1 saturated heterocycles. The van der Waals surface area contributed by atoms with Gasteiger partial charge in [-0.05, 0) is 49.4 Å². The first-order chi connectivity index (χ1) is 17.1. The molecule has 1 fully saturated rings. The van der Waals surface area contributed by atoms with Crippen molar-refractivity contribution in [3.05, 3.63) is 75.8 Å². The second-order valence-corrected chi connectivity index (χ2v) is 10.0. The normalized spacial score (nSPS) is 16.0. The topological polar surface area (TPSA) is 85.9 Å². The lowest BCUT2D eigenvalue weighted by molar-refractivity contribution is 0.0953. The van der Waals surface area contributed by atoms with Crippen LogP contribution in [0.3, 0.4) is 0 Å². The van der Waals surface area contributed by atoms with E-state index in [1.54, 1.807) is 17.8 Å². The van der Waals surface area contributed by atoms with Crippen LogP contribution in [-0.4, -0.2) is 32.5 Å². The van der Waals surface area contributed by atoms with E-state index in [0.717, 1.165) is 69.0 Å². The Morgan fingerprint density at radius 3 is 2.89 bits per heavy atom. The Kier molecular flexibility index (Phi) is 5.70. The Morgan fingerprint density at radius 1 is 1.14 bits per heavy atom. The minimum Gasteiger partial charge on any atom is -0.422 e. The molecular weight excluding hydrogens is 460 g/mol. The second kappa shape index (κ2) is 9.02. The summed E-state index contributed by atoms with van der Waals surface area (Å²) in [5, 5.41) is 12.1. The molecule has 7 nitrogen and oxygen atoms in total. The zero-order valence-corrected chi connectivity index (χ0v) is 20.5. The molecule has 1 N–H and O–H groups in total. The lowest BCUT2D eigenvalue weighted by atomic mass is 10.0. The highest BCUT2D eigenvalue weighted by molar-refractivity contribution is 7.98. The van der Waals surface area contributed by atoms with Crippen molar-refractivity contribution in [2.75, 3.05) is 6.61 Å². The van der Waals surface area contributed by atoms with Crippen LogP contribution >= 0.6 is 11.8 Å². The molecule has 0 bridgehead atoms. The molecule has 0 aliphatic carbocycles. The average molecular weight is 487 g/mol. The number of fused-ring (bicyclic) bond motifs is 2. The highest BCUT2D eigenvalue weighted by Gasteiger charge is 2.23. The van der Waals surface area contributed by atoms with E-state index < -0.39 is 0 Å². The van der Waals surface area contributed by atoms with Gasteiger partial charge in [0, 0.05) is 46.5 Å². The molecule has 1 unspecified atom stereocenters. The minimum atomic E-state index is -0.331. The predicted octanol–water partition coefficient (Wildman–Crippen LogP) is 5.62. The van der Waals surface area contributed by atoms with Crippen molar-refractivity contribution < 1.29 is 9.15 Å². The molecule has 35 heavy (non-hydrogen) atoms. The zero-order valence-electron chi connectivity index (χ0n) is 19.7. The number of aryl methyl sites for hydroxylation is 2. The summed E-state index contributed by atoms with van der Waals surface area (Å²) in [4.78, 5) is 15.7. The SMILES string of the molecule is Cc1ccc2c(CSc3nnc(-c4c[nH]c5ccccc45)n3CC3CCCO3)cc(=O)oc2c1C. The Bertz CT molecular complexity index is 1590. The van der Waals surface area contributed by atoms with Crippen LogP contribution in [0.25, 0.3) is 33.3 Å². The summed E-state index contributed by atoms with van der Waals surface area (Å²) in [5.41, 5.74) is 5.45. The maximum Gasteiger partial charge on any atom is 0.336 e. The van der Waals surface area contributed by atoms with Gasteiger partial charge in [0.1, 0.15) is 5.58 Å². The van der Waals surface area contributed by atoms with Gasteiger partial charge in [0.15, 0.2) is 11.0 Å². The molecule has 0 saturated carbocycles. The Morgan fingerprint density at radius 2 is 2.03 bits per heavy atom. The van der Waals surface area contributed by atoms with Crippen LogP contribution in [0.5, 0.6) is 0 Å². The Hall–Kier alpha value is -3.36. The predicted molar refractivity (Wildman–Crippen MR) is 138 cm³/mol. The first-order valence-corrected chi connectivity index (χ1v) is 12.8. The summed E-state index contributed by atoms with van der Waals surface area (Å²) in [7, 11) is 0. The third-order valence-corrected chi connectivity index (χ3v) is 7.85. The number of H-pyrrole nitrogens is 1. The Labute approximate surface area is 206 Å². The van der Waals surface area contributed by atoms with Crippen LogP contribution in [0.15, 0.2) is 63.0 Å². The van der Waals surface area contributed by atoms with E-state index in [0.29, 0.717) is 17.9 Å². The number of nitrogens with zero attached hydrogens (tertiary/aromatic N) is 3. The molecule has 1 aliphatic rings. The van der Waals surface area contributed by atoms with E-state index in [4.69, 9.17) is 9.15 Å². The maximum atomic E-state index is 12.3. The van der Waals surface area contributed by atoms with Crippen LogP contribution in [0, 0.1) is 13.8 Å². The fourth-order valence-electron chi connectivity index (χ4n) is 4.79. The molecule has 178 valence electrons. The standard InChI is InChI=1S/C27H26N4O3S/c1-16-9-10-20-18(12-24(32)34-25(20)17(16)2)15-35-27-30-29-26(31(27)14-19-6-5-11-33-19)22-13-28-23-8-4-3-7-21(22)23/h3-4,7-10,12-13,19,28H,5-6,11,14-15H2,1-2H3. The molecule has 8 heteroatoms. The van der Waals surface area contributed by atoms with Gasteiger partial charge in [-0.2, -0.15) is 0 Å². The summed E-state index contributed by atoms with van der Waals surface area (Å²) in [6, 6.07) is 13.9. The fraction of sp³-hybridized carbons (Fsp3) is 0.296. The van der Waals surface area contributed by atoms with E-state index in [1.165, 1.54) is 0 Å². The van der Waals surface area contributed by atoms with Gasteiger partial charge in [-0.1, -0.05) is 42.1 Å². The zero-order chi connectivity index (χ0) is 23.9. The number of hydrogen-bond acceptors (Lipinski definition) is 6. The molecule has 5 aromatic rings. The quantitative estimate of drug-likeness (QED) is 0.248. The number of ether oxygens (including phenoxy) is 1. The lowest BCUT2D eigenvalue weighted by Crippen LogP contribution is -2.16. The van der Waals surface area contributed by atoms with Crippen molar-refractivity contribution in [1.29, 1.82) is 0 Å². The number of aromatic amines is 1. The van der Waals surface area contributed by atoms with Gasteiger partial charge in [-0.25, -0.2) is 4.79 Å². The van der Waals surface area contributed by atoms with Gasteiger partial charge < -0.3 is 14.1 Å². The molecule has 6 rings (SSSR count). The van der Waals surface area contributed by atoms with Gasteiger partial charge in [-0.3, -0.25) is 4.57 Å². The molecule has 2 aromatic carbocycles. The highest BCUT2D eigenvalue weighted by Crippen LogP contribution is 2.33. The van der Waals surface area contributed by atoms with Gasteiger partial charge in [0.2, 0.25) is 0 Å². The van der Waals surface area contributed by atoms with Crippen LogP contribution in [0.4, 0.5) is 0 Å². The van der Waals surface area contributed by atoms with Crippen molar-refractivity contribution in [3.63, 3.8) is 0 Å². The molecule has 4 heterocycles. The average Bonchev–Trinajstić information content (AvgIpc) is 3.61. The van der Waals surface area contributed by atoms with Crippen LogP contribution < -0.4 is 5.63 Å². The van der Waals surface area contributed by atoms with Crippen LogP contribution in [0.1, 0.15) is 29.5 Å². The van der Waals surface area contributed by atoms with Crippen molar-refractivity contribution >= 4 is 33.6 Å². The maximum absolute atomic E-state index is 12.3. The number of thioether (sulfide) groups is 1. The number of para-hydroxylation sites is 1. The van der Waals surface area contributed by atoms with Gasteiger partial charge in [0.05, 0.1) is 12.6 Å². The lowest BCUT2D eigenvalue weighted by Gasteiger charge is -2.15. The van der Waals surface area contributed by atoms with Crippen molar-refractivity contribution in [1.82, 2.24) is 19.7 Å². The van der Waals surface area contributed by atoms with E-state index in [-0.39, 0.29) is 11.7 Å². The van der Waals surface area contributed by atoms with E-state index >= 15 is 0 Å². The molecule has 0 amide bonds. The number of nitrogens with one attached hydrogen (secondary N) is 1. The second-order valence-electron chi connectivity index (χ2n) is 9.06. The van der Waals surface area contributed by atoms with E-state index in [2.05, 4.69) is 37.9 Å². The number of hydrogen-bond donors (Lipinski definition) is 1. The molecular formula is C27H26N4O3S. The number of aromatic nitrogens is 4. The third kappa shape index (κ3) is 4.06. The van der Waals surface area contributed by atoms with Gasteiger partial charge >= 0.3 is 5.63 Å². The molecule has 3 aromatic heterocycles. The van der Waals surface area contributed by atoms with Crippen LogP contribution in [-0.2, 0) is 17.0 Å². The van der Waals surface area contributed by atoms with E-state index in [9.17, 15) is 4.79 Å². The summed E-state index contributed by atoms with van der Waals surface area (Å²) in [5.74, 6) is 1.41. The molecule has 0 spiro atoms. The molecule has 1 aliphatic heterocycles. The van der Waals surface area contributed by atoms with Crippen molar-refractivity contribution in [2.24, 2.45) is 0 Å². The number of benzene rings is 2. The first-order valence-electron chi connectivity index (χ1n) is 11.9. The minimum absolute atomic E-state index is 0.143. The molecule has 1 atom stereocenters. The Balaban J connectivity index is 1.38. The monoisotopic (exact) mass is 486 g/mol. The van der Waals surface area contributed by atoms with Crippen molar-refractivity contribution in [3.8, 4) is 11.4 Å². The van der Waals surface area contributed by atoms with Gasteiger partial charge in [-0.15, -0.1) is 10.2 Å². The summed E-state index contributed by atoms with van der Waals surface area (Å²) in [6.07, 6.45) is 4.24. The van der Waals surface area contributed by atoms with Crippen molar-refractivity contribution in [2.45, 2.75) is 50.2 Å². The summed E-state index contributed by atoms with van der Waals surface area (Å²) >= 11 is 1.58. The highest BCUT2D eigenvalue weighted by atomic mass is 32.2. The third-order valence-electron chi connectivity index (χ3n) is 6.83. The first kappa shape index (κ1) is 22.1. The summed E-state index contributed by atoms with van der Waals surface area (Å²) < 4.78 is 13.7. The smallest absolute Gasteiger partial charge is 0.336 e. The molecule has 0 radical (unpaired) electrons. The van der Waals surface area contributed by atoms with Crippen LogP contribution in [0.2, 0.25) is 0 Å². The number of rotatable bonds is 6. The van der Waals surface area contributed by atoms with Gasteiger partial charge in [0.25, 0.3) is 0 Å². The van der Waals surface area contributed by atoms with E-state index in [1.807, 2.05) is 38.2 Å². The fourth-order valence-corrected chi connectivity index (χ4v) is 5.73. The summed E-state index contributed by atoms with van der Waals surface area (Å²) in [6.45, 7) is 5.50.